The molecule has 0 radical (unpaired) electrons. The summed E-state index contributed by atoms with van der Waals surface area (Å²) in [5, 5.41) is 0. The second-order valence-corrected chi connectivity index (χ2v) is 2.99. The number of fused-ring (bicyclic) bond motifs is 1. The van der Waals surface area contributed by atoms with Crippen molar-refractivity contribution in [3.63, 3.8) is 0 Å². The summed E-state index contributed by atoms with van der Waals surface area (Å²) in [6.45, 7) is 3.95. The molecule has 2 rings (SSSR count). The molecule has 0 spiro atoms. The van der Waals surface area contributed by atoms with Crippen LogP contribution in [0.15, 0.2) is 17.1 Å². The molecule has 0 N–H and O–H groups in total. The van der Waals surface area contributed by atoms with Gasteiger partial charge in [0.25, 0.3) is 0 Å². The molecular formula is C8H11NO. The van der Waals surface area contributed by atoms with Crippen molar-refractivity contribution in [2.24, 2.45) is 4.99 Å². The lowest BCUT2D eigenvalue weighted by molar-refractivity contribution is 0.175. The second-order valence-electron chi connectivity index (χ2n) is 2.99. The summed E-state index contributed by atoms with van der Waals surface area (Å²) >= 11 is 0. The fourth-order valence-corrected chi connectivity index (χ4v) is 1.57. The highest BCUT2D eigenvalue weighted by molar-refractivity contribution is 5.50. The van der Waals surface area contributed by atoms with Gasteiger partial charge in [0.15, 0.2) is 6.40 Å². The first-order chi connectivity index (χ1) is 4.86. The zero-order chi connectivity index (χ0) is 6.97. The maximum atomic E-state index is 5.27. The fraction of sp³-hybridized carbons (Fsp3) is 0.625. The Labute approximate surface area is 60.6 Å². The highest BCUT2D eigenvalue weighted by atomic mass is 16.5. The molecule has 2 nitrogen and oxygen atoms in total. The number of ether oxygens (including phenoxy) is 1. The monoisotopic (exact) mass is 137 g/mol. The van der Waals surface area contributed by atoms with Gasteiger partial charge in [-0.25, -0.2) is 0 Å². The van der Waals surface area contributed by atoms with E-state index in [9.17, 15) is 0 Å². The van der Waals surface area contributed by atoms with Crippen LogP contribution in [-0.4, -0.2) is 18.5 Å². The van der Waals surface area contributed by atoms with E-state index in [1.807, 2.05) is 0 Å². The highest BCUT2D eigenvalue weighted by Crippen LogP contribution is 2.28. The summed E-state index contributed by atoms with van der Waals surface area (Å²) in [5.74, 6) is 0. The third-order valence-electron chi connectivity index (χ3n) is 2.20. The van der Waals surface area contributed by atoms with Crippen molar-refractivity contribution < 1.29 is 4.74 Å². The topological polar surface area (TPSA) is 21.6 Å². The first kappa shape index (κ1) is 5.96. The van der Waals surface area contributed by atoms with Crippen LogP contribution in [0, 0.1) is 0 Å². The van der Waals surface area contributed by atoms with Crippen molar-refractivity contribution in [1.82, 2.24) is 0 Å². The number of nitrogens with zero attached hydrogens (tertiary/aromatic N) is 1. The molecule has 54 valence electrons. The van der Waals surface area contributed by atoms with Crippen LogP contribution in [0.2, 0.25) is 0 Å². The van der Waals surface area contributed by atoms with Gasteiger partial charge in [0.2, 0.25) is 0 Å². The molecule has 1 fully saturated rings. The number of aliphatic imine (C=N–C) groups is 1. The third-order valence-corrected chi connectivity index (χ3v) is 2.20. The van der Waals surface area contributed by atoms with Crippen LogP contribution in [0.3, 0.4) is 0 Å². The van der Waals surface area contributed by atoms with Crippen LogP contribution >= 0.6 is 0 Å². The number of rotatable bonds is 0. The molecule has 0 aromatic heterocycles. The normalized spacial score (nSPS) is 37.4. The van der Waals surface area contributed by atoms with Crippen LogP contribution in [0.25, 0.3) is 0 Å². The first-order valence-corrected chi connectivity index (χ1v) is 3.70. The van der Waals surface area contributed by atoms with Gasteiger partial charge < -0.3 is 4.74 Å². The van der Waals surface area contributed by atoms with E-state index in [0.717, 1.165) is 19.3 Å². The number of hydrogen-bond donors (Lipinski definition) is 0. The van der Waals surface area contributed by atoms with Crippen LogP contribution in [-0.2, 0) is 4.74 Å². The van der Waals surface area contributed by atoms with Gasteiger partial charge in [0.1, 0.15) is 6.10 Å². The van der Waals surface area contributed by atoms with Crippen molar-refractivity contribution >= 4 is 6.40 Å². The van der Waals surface area contributed by atoms with Crippen molar-refractivity contribution in [2.45, 2.75) is 31.4 Å². The van der Waals surface area contributed by atoms with Crippen molar-refractivity contribution in [3.8, 4) is 0 Å². The molecule has 0 aromatic rings. The molecule has 0 bridgehead atoms. The van der Waals surface area contributed by atoms with Crippen LogP contribution in [0.1, 0.15) is 19.3 Å². The molecule has 2 aliphatic rings. The van der Waals surface area contributed by atoms with Crippen molar-refractivity contribution in [3.05, 3.63) is 12.2 Å². The van der Waals surface area contributed by atoms with Gasteiger partial charge in [0.05, 0.1) is 6.04 Å². The third kappa shape index (κ3) is 0.838. The molecule has 2 unspecified atom stereocenters. The van der Waals surface area contributed by atoms with Gasteiger partial charge in [0, 0.05) is 0 Å². The molecule has 1 aliphatic heterocycles. The minimum absolute atomic E-state index is 0.366. The van der Waals surface area contributed by atoms with Crippen LogP contribution in [0.5, 0.6) is 0 Å². The Hall–Kier alpha value is -0.790. The Bertz CT molecular complexity index is 186. The molecule has 10 heavy (non-hydrogen) atoms. The summed E-state index contributed by atoms with van der Waals surface area (Å²) in [6, 6.07) is 0.390. The van der Waals surface area contributed by atoms with Crippen molar-refractivity contribution in [2.75, 3.05) is 0 Å². The molecule has 1 aliphatic carbocycles. The average Bonchev–Trinajstić information content (AvgIpc) is 2.33. The van der Waals surface area contributed by atoms with Crippen LogP contribution < -0.4 is 0 Å². The quantitative estimate of drug-likeness (QED) is 0.464. The zero-order valence-corrected chi connectivity index (χ0v) is 5.92. The average molecular weight is 137 g/mol. The van der Waals surface area contributed by atoms with Gasteiger partial charge in [-0.3, -0.25) is 4.99 Å². The Balaban J connectivity index is 2.08. The molecule has 0 saturated heterocycles. The largest absolute Gasteiger partial charge is 0.478 e. The Morgan fingerprint density at radius 1 is 1.70 bits per heavy atom. The smallest absolute Gasteiger partial charge is 0.170 e. The summed E-state index contributed by atoms with van der Waals surface area (Å²) in [7, 11) is 0. The summed E-state index contributed by atoms with van der Waals surface area (Å²) in [5.41, 5.74) is 1.32. The summed E-state index contributed by atoms with van der Waals surface area (Å²) in [4.78, 5) is 4.20. The maximum Gasteiger partial charge on any atom is 0.170 e. The van der Waals surface area contributed by atoms with Gasteiger partial charge in [-0.1, -0.05) is 12.2 Å². The van der Waals surface area contributed by atoms with Gasteiger partial charge in [-0.15, -0.1) is 0 Å². The minimum atomic E-state index is 0.366. The molecule has 0 aromatic carbocycles. The second kappa shape index (κ2) is 2.11. The predicted octanol–water partition coefficient (Wildman–Crippen LogP) is 1.52. The minimum Gasteiger partial charge on any atom is -0.478 e. The lowest BCUT2D eigenvalue weighted by Crippen LogP contribution is -2.26. The summed E-state index contributed by atoms with van der Waals surface area (Å²) < 4.78 is 5.27. The molecule has 2 atom stereocenters. The fourth-order valence-electron chi connectivity index (χ4n) is 1.57. The van der Waals surface area contributed by atoms with E-state index in [-0.39, 0.29) is 0 Å². The van der Waals surface area contributed by atoms with Crippen molar-refractivity contribution in [1.29, 1.82) is 0 Å². The lowest BCUT2D eigenvalue weighted by atomic mass is 9.90. The Morgan fingerprint density at radius 3 is 3.50 bits per heavy atom. The van der Waals surface area contributed by atoms with Gasteiger partial charge >= 0.3 is 0 Å². The zero-order valence-electron chi connectivity index (χ0n) is 5.92. The number of hydrogen-bond acceptors (Lipinski definition) is 2. The molecule has 1 heterocycles. The van der Waals surface area contributed by atoms with Gasteiger partial charge in [-0.2, -0.15) is 0 Å². The lowest BCUT2D eigenvalue weighted by Gasteiger charge is -2.23. The van der Waals surface area contributed by atoms with E-state index in [1.54, 1.807) is 6.40 Å². The van der Waals surface area contributed by atoms with E-state index in [1.165, 1.54) is 5.57 Å². The van der Waals surface area contributed by atoms with E-state index in [0.29, 0.717) is 12.1 Å². The van der Waals surface area contributed by atoms with Gasteiger partial charge in [-0.05, 0) is 19.3 Å². The molecular weight excluding hydrogens is 126 g/mol. The molecule has 1 saturated carbocycles. The SMILES string of the molecule is C=C1CCC2OC=NC2C1. The highest BCUT2D eigenvalue weighted by Gasteiger charge is 2.29. The van der Waals surface area contributed by atoms with Crippen LogP contribution in [0.4, 0.5) is 0 Å². The molecule has 0 amide bonds. The predicted molar refractivity (Wildman–Crippen MR) is 40.1 cm³/mol. The molecule has 2 heteroatoms. The van der Waals surface area contributed by atoms with E-state index in [2.05, 4.69) is 11.6 Å². The Kier molecular flexibility index (Phi) is 1.26. The van der Waals surface area contributed by atoms with E-state index < -0.39 is 0 Å². The maximum absolute atomic E-state index is 5.27. The summed E-state index contributed by atoms with van der Waals surface area (Å²) in [6.07, 6.45) is 5.20. The van der Waals surface area contributed by atoms with E-state index >= 15 is 0 Å². The van der Waals surface area contributed by atoms with E-state index in [4.69, 9.17) is 4.74 Å². The standard InChI is InChI=1S/C8H11NO/c1-6-2-3-8-7(4-6)9-5-10-8/h5,7-8H,1-4H2. The first-order valence-electron chi connectivity index (χ1n) is 3.70. The Morgan fingerprint density at radius 2 is 2.60 bits per heavy atom.